The molecule has 0 radical (unpaired) electrons. The molecular weight excluding hydrogens is 304 g/mol. The first-order valence-electron chi connectivity index (χ1n) is 8.85. The zero-order valence-corrected chi connectivity index (χ0v) is 14.0. The number of fused-ring (bicyclic) bond motifs is 1. The molecule has 0 saturated heterocycles. The van der Waals surface area contributed by atoms with Gasteiger partial charge in [0, 0.05) is 13.1 Å². The van der Waals surface area contributed by atoms with Crippen molar-refractivity contribution in [3.8, 4) is 0 Å². The van der Waals surface area contributed by atoms with Crippen LogP contribution in [0.15, 0.2) is 12.7 Å². The van der Waals surface area contributed by atoms with Crippen molar-refractivity contribution in [2.45, 2.75) is 44.6 Å². The molecule has 0 unspecified atom stereocenters. The smallest absolute Gasteiger partial charge is 0.239 e. The average molecular weight is 328 g/mol. The van der Waals surface area contributed by atoms with E-state index in [9.17, 15) is 4.79 Å². The average Bonchev–Trinajstić information content (AvgIpc) is 3.31. The van der Waals surface area contributed by atoms with Gasteiger partial charge in [0.2, 0.25) is 5.91 Å². The Bertz CT molecular complexity index is 725. The summed E-state index contributed by atoms with van der Waals surface area (Å²) in [5, 5.41) is 3.22. The van der Waals surface area contributed by atoms with Crippen LogP contribution in [0.2, 0.25) is 0 Å². The maximum atomic E-state index is 12.4. The molecule has 0 spiro atoms. The van der Waals surface area contributed by atoms with Gasteiger partial charge >= 0.3 is 0 Å². The quantitative estimate of drug-likeness (QED) is 0.875. The van der Waals surface area contributed by atoms with E-state index in [4.69, 9.17) is 0 Å². The number of imidazole rings is 1. The number of rotatable bonds is 5. The fourth-order valence-corrected chi connectivity index (χ4v) is 3.96. The lowest BCUT2D eigenvalue weighted by molar-refractivity contribution is -0.120. The van der Waals surface area contributed by atoms with Crippen molar-refractivity contribution in [3.05, 3.63) is 12.7 Å². The summed E-state index contributed by atoms with van der Waals surface area (Å²) in [5.74, 6) is 2.52. The molecule has 7 heteroatoms. The van der Waals surface area contributed by atoms with Gasteiger partial charge in [0.25, 0.3) is 0 Å². The standard InChI is InChI=1S/C17H24N6O/c1-23(17-15-16(19-9-18-15)20-10-21-17)8-14(24)22-13-4-2-3-12(7-13)11-5-6-11/h9-13H,2-8H2,1H3,(H,22,24)(H,18,19,20,21)/t12-,13+/m0/s1. The maximum absolute atomic E-state index is 12.4. The Hall–Kier alpha value is -2.18. The van der Waals surface area contributed by atoms with Gasteiger partial charge in [0.05, 0.1) is 12.9 Å². The van der Waals surface area contributed by atoms with Gasteiger partial charge in [-0.1, -0.05) is 12.8 Å². The number of hydrogen-bond acceptors (Lipinski definition) is 5. The molecule has 2 N–H and O–H groups in total. The fraction of sp³-hybridized carbons (Fsp3) is 0.647. The number of nitrogens with one attached hydrogen (secondary N) is 2. The van der Waals surface area contributed by atoms with Gasteiger partial charge in [0.15, 0.2) is 11.5 Å². The van der Waals surface area contributed by atoms with E-state index in [0.29, 0.717) is 17.5 Å². The van der Waals surface area contributed by atoms with Crippen LogP contribution in [0.3, 0.4) is 0 Å². The molecule has 2 fully saturated rings. The van der Waals surface area contributed by atoms with Crippen molar-refractivity contribution in [2.75, 3.05) is 18.5 Å². The van der Waals surface area contributed by atoms with Crippen LogP contribution in [0.5, 0.6) is 0 Å². The lowest BCUT2D eigenvalue weighted by Gasteiger charge is -2.30. The molecule has 2 saturated carbocycles. The first-order chi connectivity index (χ1) is 11.7. The van der Waals surface area contributed by atoms with Gasteiger partial charge in [-0.2, -0.15) is 0 Å². The van der Waals surface area contributed by atoms with E-state index in [-0.39, 0.29) is 12.5 Å². The van der Waals surface area contributed by atoms with Crippen molar-refractivity contribution in [3.63, 3.8) is 0 Å². The number of aromatic amines is 1. The zero-order valence-electron chi connectivity index (χ0n) is 14.0. The molecule has 0 aromatic carbocycles. The second kappa shape index (κ2) is 6.37. The van der Waals surface area contributed by atoms with E-state index in [2.05, 4.69) is 25.3 Å². The number of amides is 1. The number of likely N-dealkylation sites (N-methyl/N-ethyl adjacent to an activating group) is 1. The summed E-state index contributed by atoms with van der Waals surface area (Å²) in [7, 11) is 1.87. The van der Waals surface area contributed by atoms with E-state index >= 15 is 0 Å². The molecule has 2 aromatic heterocycles. The predicted octanol–water partition coefficient (Wildman–Crippen LogP) is 1.87. The van der Waals surface area contributed by atoms with Gasteiger partial charge in [-0.05, 0) is 37.5 Å². The third-order valence-electron chi connectivity index (χ3n) is 5.31. The summed E-state index contributed by atoms with van der Waals surface area (Å²) in [6.45, 7) is 0.287. The maximum Gasteiger partial charge on any atom is 0.239 e. The molecule has 0 bridgehead atoms. The summed E-state index contributed by atoms with van der Waals surface area (Å²) in [4.78, 5) is 29.8. The molecule has 2 aliphatic rings. The minimum Gasteiger partial charge on any atom is -0.352 e. The summed E-state index contributed by atoms with van der Waals surface area (Å²) < 4.78 is 0. The molecular formula is C17H24N6O. The Morgan fingerprint density at radius 3 is 2.96 bits per heavy atom. The first-order valence-corrected chi connectivity index (χ1v) is 8.85. The Morgan fingerprint density at radius 1 is 1.25 bits per heavy atom. The van der Waals surface area contributed by atoms with E-state index in [1.165, 1.54) is 32.0 Å². The van der Waals surface area contributed by atoms with Crippen LogP contribution in [-0.4, -0.2) is 45.5 Å². The van der Waals surface area contributed by atoms with Crippen LogP contribution in [0, 0.1) is 11.8 Å². The summed E-state index contributed by atoms with van der Waals surface area (Å²) in [6.07, 6.45) is 10.7. The topological polar surface area (TPSA) is 86.8 Å². The SMILES string of the molecule is CN(CC(=O)N[C@@H]1CCC[C@H](C2CC2)C1)c1ncnc2nc[nH]c12. The molecule has 128 valence electrons. The van der Waals surface area contributed by atoms with Crippen LogP contribution in [0.1, 0.15) is 38.5 Å². The largest absolute Gasteiger partial charge is 0.352 e. The summed E-state index contributed by atoms with van der Waals surface area (Å²) in [6, 6.07) is 0.336. The third-order valence-corrected chi connectivity index (χ3v) is 5.31. The van der Waals surface area contributed by atoms with Crippen LogP contribution in [0.25, 0.3) is 11.2 Å². The summed E-state index contributed by atoms with van der Waals surface area (Å²) >= 11 is 0. The highest BCUT2D eigenvalue weighted by Gasteiger charge is 2.35. The van der Waals surface area contributed by atoms with Crippen molar-refractivity contribution in [2.24, 2.45) is 11.8 Å². The highest BCUT2D eigenvalue weighted by Crippen LogP contribution is 2.43. The molecule has 24 heavy (non-hydrogen) atoms. The van der Waals surface area contributed by atoms with Gasteiger partial charge in [-0.15, -0.1) is 0 Å². The highest BCUT2D eigenvalue weighted by atomic mass is 16.2. The molecule has 2 aromatic rings. The van der Waals surface area contributed by atoms with Crippen LogP contribution < -0.4 is 10.2 Å². The third kappa shape index (κ3) is 3.20. The van der Waals surface area contributed by atoms with E-state index in [0.717, 1.165) is 30.2 Å². The number of H-pyrrole nitrogens is 1. The predicted molar refractivity (Wildman–Crippen MR) is 91.6 cm³/mol. The van der Waals surface area contributed by atoms with E-state index < -0.39 is 0 Å². The highest BCUT2D eigenvalue weighted by molar-refractivity contribution is 5.87. The van der Waals surface area contributed by atoms with E-state index in [1.54, 1.807) is 6.33 Å². The van der Waals surface area contributed by atoms with Crippen molar-refractivity contribution >= 4 is 22.9 Å². The van der Waals surface area contributed by atoms with Crippen LogP contribution in [0.4, 0.5) is 5.82 Å². The Balaban J connectivity index is 1.36. The number of aromatic nitrogens is 4. The normalized spacial score (nSPS) is 24.0. The van der Waals surface area contributed by atoms with Gasteiger partial charge < -0.3 is 15.2 Å². The minimum atomic E-state index is 0.0604. The second-order valence-corrected chi connectivity index (χ2v) is 7.18. The molecule has 1 amide bonds. The fourth-order valence-electron chi connectivity index (χ4n) is 3.96. The van der Waals surface area contributed by atoms with Crippen LogP contribution >= 0.6 is 0 Å². The van der Waals surface area contributed by atoms with Gasteiger partial charge in [-0.3, -0.25) is 4.79 Å². The molecule has 2 aliphatic carbocycles. The van der Waals surface area contributed by atoms with Crippen molar-refractivity contribution < 1.29 is 4.79 Å². The van der Waals surface area contributed by atoms with E-state index in [1.807, 2.05) is 11.9 Å². The second-order valence-electron chi connectivity index (χ2n) is 7.18. The number of carbonyl (C=O) groups excluding carboxylic acids is 1. The number of anilines is 1. The lowest BCUT2D eigenvalue weighted by atomic mass is 9.83. The Labute approximate surface area is 141 Å². The lowest BCUT2D eigenvalue weighted by Crippen LogP contribution is -2.43. The minimum absolute atomic E-state index is 0.0604. The molecule has 2 atom stereocenters. The molecule has 7 nitrogen and oxygen atoms in total. The first kappa shape index (κ1) is 15.4. The van der Waals surface area contributed by atoms with Gasteiger partial charge in [-0.25, -0.2) is 15.0 Å². The van der Waals surface area contributed by atoms with Gasteiger partial charge in [0.1, 0.15) is 11.8 Å². The molecule has 2 heterocycles. The zero-order chi connectivity index (χ0) is 16.5. The van der Waals surface area contributed by atoms with Crippen molar-refractivity contribution in [1.29, 1.82) is 0 Å². The van der Waals surface area contributed by atoms with Crippen LogP contribution in [-0.2, 0) is 4.79 Å². The van der Waals surface area contributed by atoms with Crippen molar-refractivity contribution in [1.82, 2.24) is 25.3 Å². The number of hydrogen-bond donors (Lipinski definition) is 2. The monoisotopic (exact) mass is 328 g/mol. The summed E-state index contributed by atoms with van der Waals surface area (Å²) in [5.41, 5.74) is 1.38. The molecule has 0 aliphatic heterocycles. The number of carbonyl (C=O) groups is 1. The number of nitrogens with zero attached hydrogens (tertiary/aromatic N) is 4. The Kier molecular flexibility index (Phi) is 4.08. The Morgan fingerprint density at radius 2 is 2.12 bits per heavy atom. The molecule has 4 rings (SSSR count).